The van der Waals surface area contributed by atoms with Crippen LogP contribution in [0.1, 0.15) is 28.2 Å². The molecule has 0 saturated carbocycles. The van der Waals surface area contributed by atoms with E-state index in [-0.39, 0.29) is 11.5 Å². The Hall–Kier alpha value is -2.28. The molecular weight excluding hydrogens is 293 g/mol. The predicted octanol–water partition coefficient (Wildman–Crippen LogP) is 3.45. The van der Waals surface area contributed by atoms with Crippen LogP contribution in [0.5, 0.6) is 0 Å². The molecule has 2 N–H and O–H groups in total. The van der Waals surface area contributed by atoms with Crippen LogP contribution in [0.25, 0.3) is 0 Å². The molecule has 7 heteroatoms. The lowest BCUT2D eigenvalue weighted by atomic mass is 10.0. The van der Waals surface area contributed by atoms with Crippen molar-refractivity contribution in [3.63, 3.8) is 0 Å². The minimum atomic E-state index is -0.585. The Balaban J connectivity index is 1.71. The molecular formula is C14H12FN3O2S. The molecule has 1 aliphatic rings. The second kappa shape index (κ2) is 5.61. The highest BCUT2D eigenvalue weighted by atomic mass is 32.1. The van der Waals surface area contributed by atoms with E-state index in [2.05, 4.69) is 15.6 Å². The van der Waals surface area contributed by atoms with Gasteiger partial charge in [0.1, 0.15) is 5.82 Å². The van der Waals surface area contributed by atoms with E-state index in [1.54, 1.807) is 12.1 Å². The zero-order valence-corrected chi connectivity index (χ0v) is 11.8. The molecule has 2 amide bonds. The standard InChI is InChI=1S/C14H12FN3O2S/c15-8-4-1-2-5-9(8)16-13(20)18-14-17-10-6-3-7-11(19)12(10)21-14/h1-2,4-5H,3,6-7H2,(H2,16,17,18,20). The van der Waals surface area contributed by atoms with E-state index in [1.165, 1.54) is 12.1 Å². The number of urea groups is 1. The SMILES string of the molecule is O=C(Nc1nc2c(s1)C(=O)CCC2)Nc1ccccc1F. The minimum absolute atomic E-state index is 0.0660. The van der Waals surface area contributed by atoms with Crippen LogP contribution < -0.4 is 10.6 Å². The molecule has 108 valence electrons. The summed E-state index contributed by atoms with van der Waals surface area (Å²) in [5.74, 6) is -0.447. The van der Waals surface area contributed by atoms with Crippen LogP contribution in [0.3, 0.4) is 0 Å². The number of nitrogens with zero attached hydrogens (tertiary/aromatic N) is 1. The van der Waals surface area contributed by atoms with Crippen LogP contribution in [0.2, 0.25) is 0 Å². The van der Waals surface area contributed by atoms with E-state index < -0.39 is 11.8 Å². The first-order chi connectivity index (χ1) is 10.1. The van der Waals surface area contributed by atoms with Gasteiger partial charge in [-0.15, -0.1) is 0 Å². The van der Waals surface area contributed by atoms with Gasteiger partial charge in [0.25, 0.3) is 0 Å². The lowest BCUT2D eigenvalue weighted by Gasteiger charge is -2.06. The smallest absolute Gasteiger partial charge is 0.305 e. The molecule has 0 bridgehead atoms. The summed E-state index contributed by atoms with van der Waals surface area (Å²) < 4.78 is 13.4. The summed E-state index contributed by atoms with van der Waals surface area (Å²) in [5, 5.41) is 5.29. The fourth-order valence-electron chi connectivity index (χ4n) is 2.14. The lowest BCUT2D eigenvalue weighted by Crippen LogP contribution is -2.20. The molecule has 1 aromatic carbocycles. The summed E-state index contributed by atoms with van der Waals surface area (Å²) in [6.45, 7) is 0. The number of thiazole rings is 1. The average molecular weight is 305 g/mol. The number of fused-ring (bicyclic) bond motifs is 1. The number of hydrogen-bond donors (Lipinski definition) is 2. The van der Waals surface area contributed by atoms with Crippen molar-refractivity contribution in [1.29, 1.82) is 0 Å². The van der Waals surface area contributed by atoms with Gasteiger partial charge in [0, 0.05) is 6.42 Å². The van der Waals surface area contributed by atoms with Crippen LogP contribution in [0.15, 0.2) is 24.3 Å². The molecule has 2 aromatic rings. The third-order valence-corrected chi connectivity index (χ3v) is 4.16. The molecule has 1 heterocycles. The Bertz CT molecular complexity index is 714. The van der Waals surface area contributed by atoms with Crippen molar-refractivity contribution in [2.24, 2.45) is 0 Å². The molecule has 0 fully saturated rings. The Morgan fingerprint density at radius 1 is 1.24 bits per heavy atom. The predicted molar refractivity (Wildman–Crippen MR) is 78.4 cm³/mol. The summed E-state index contributed by atoms with van der Waals surface area (Å²) in [6, 6.07) is 5.30. The van der Waals surface area contributed by atoms with Gasteiger partial charge in [0.15, 0.2) is 10.9 Å². The Morgan fingerprint density at radius 3 is 2.81 bits per heavy atom. The number of aromatic nitrogens is 1. The molecule has 0 aliphatic heterocycles. The van der Waals surface area contributed by atoms with Crippen LogP contribution in [0, 0.1) is 5.82 Å². The first-order valence-corrected chi connectivity index (χ1v) is 7.30. The molecule has 0 atom stereocenters. The second-order valence-electron chi connectivity index (χ2n) is 4.63. The van der Waals surface area contributed by atoms with Gasteiger partial charge in [-0.3, -0.25) is 10.1 Å². The third kappa shape index (κ3) is 2.92. The largest absolute Gasteiger partial charge is 0.325 e. The number of carbonyl (C=O) groups is 2. The highest BCUT2D eigenvalue weighted by Gasteiger charge is 2.22. The molecule has 5 nitrogen and oxygen atoms in total. The van der Waals surface area contributed by atoms with Crippen molar-refractivity contribution < 1.29 is 14.0 Å². The van der Waals surface area contributed by atoms with E-state index in [9.17, 15) is 14.0 Å². The van der Waals surface area contributed by atoms with Crippen molar-refractivity contribution in [1.82, 2.24) is 4.98 Å². The minimum Gasteiger partial charge on any atom is -0.305 e. The monoisotopic (exact) mass is 305 g/mol. The van der Waals surface area contributed by atoms with Crippen molar-refractivity contribution in [2.45, 2.75) is 19.3 Å². The highest BCUT2D eigenvalue weighted by molar-refractivity contribution is 7.17. The second-order valence-corrected chi connectivity index (χ2v) is 5.63. The maximum atomic E-state index is 13.4. The van der Waals surface area contributed by atoms with Crippen LogP contribution in [-0.4, -0.2) is 16.8 Å². The fourth-order valence-corrected chi connectivity index (χ4v) is 3.11. The van der Waals surface area contributed by atoms with Gasteiger partial charge in [-0.05, 0) is 25.0 Å². The summed E-state index contributed by atoms with van der Waals surface area (Å²) in [4.78, 5) is 28.4. The summed E-state index contributed by atoms with van der Waals surface area (Å²) in [7, 11) is 0. The Morgan fingerprint density at radius 2 is 2.05 bits per heavy atom. The van der Waals surface area contributed by atoms with Gasteiger partial charge in [0.2, 0.25) is 0 Å². The van der Waals surface area contributed by atoms with Crippen molar-refractivity contribution >= 4 is 34.0 Å². The number of hydrogen-bond acceptors (Lipinski definition) is 4. The normalized spacial score (nSPS) is 13.7. The van der Waals surface area contributed by atoms with Gasteiger partial charge < -0.3 is 5.32 Å². The number of amides is 2. The number of Topliss-reactive ketones (excluding diaryl/α,β-unsaturated/α-hetero) is 1. The van der Waals surface area contributed by atoms with Crippen molar-refractivity contribution in [3.8, 4) is 0 Å². The highest BCUT2D eigenvalue weighted by Crippen LogP contribution is 2.29. The van der Waals surface area contributed by atoms with Gasteiger partial charge in [0.05, 0.1) is 16.3 Å². The lowest BCUT2D eigenvalue weighted by molar-refractivity contribution is 0.0976. The number of nitrogens with one attached hydrogen (secondary N) is 2. The first-order valence-electron chi connectivity index (χ1n) is 6.49. The Kier molecular flexibility index (Phi) is 3.66. The number of benzene rings is 1. The number of rotatable bonds is 2. The number of halogens is 1. The molecule has 0 radical (unpaired) electrons. The number of anilines is 2. The molecule has 1 aromatic heterocycles. The molecule has 1 aliphatic carbocycles. The summed E-state index contributed by atoms with van der Waals surface area (Å²) >= 11 is 1.16. The number of ketones is 1. The van der Waals surface area contributed by atoms with Gasteiger partial charge in [-0.1, -0.05) is 23.5 Å². The van der Waals surface area contributed by atoms with Crippen molar-refractivity contribution in [2.75, 3.05) is 10.6 Å². The maximum absolute atomic E-state index is 13.4. The first kappa shape index (κ1) is 13.7. The molecule has 0 spiro atoms. The van der Waals surface area contributed by atoms with Crippen LogP contribution >= 0.6 is 11.3 Å². The zero-order valence-electron chi connectivity index (χ0n) is 11.0. The van der Waals surface area contributed by atoms with Crippen LogP contribution in [0.4, 0.5) is 20.0 Å². The summed E-state index contributed by atoms with van der Waals surface area (Å²) in [5.41, 5.74) is 0.824. The zero-order chi connectivity index (χ0) is 14.8. The van der Waals surface area contributed by atoms with Gasteiger partial charge >= 0.3 is 6.03 Å². The van der Waals surface area contributed by atoms with Gasteiger partial charge in [-0.2, -0.15) is 0 Å². The molecule has 0 saturated heterocycles. The topological polar surface area (TPSA) is 71.1 Å². The van der Waals surface area contributed by atoms with E-state index in [4.69, 9.17) is 0 Å². The quantitative estimate of drug-likeness (QED) is 0.892. The number of aryl methyl sites for hydroxylation is 1. The van der Waals surface area contributed by atoms with E-state index in [0.717, 1.165) is 29.9 Å². The van der Waals surface area contributed by atoms with Crippen molar-refractivity contribution in [3.05, 3.63) is 40.7 Å². The number of carbonyl (C=O) groups excluding carboxylic acids is 2. The fraction of sp³-hybridized carbons (Fsp3) is 0.214. The Labute approximate surface area is 124 Å². The molecule has 3 rings (SSSR count). The molecule has 0 unspecified atom stereocenters. The number of para-hydroxylation sites is 1. The summed E-state index contributed by atoms with van der Waals surface area (Å²) in [6.07, 6.45) is 2.06. The van der Waals surface area contributed by atoms with Crippen LogP contribution in [-0.2, 0) is 6.42 Å². The average Bonchev–Trinajstić information content (AvgIpc) is 2.85. The third-order valence-electron chi connectivity index (χ3n) is 3.11. The van der Waals surface area contributed by atoms with E-state index in [0.29, 0.717) is 16.4 Å². The maximum Gasteiger partial charge on any atom is 0.325 e. The van der Waals surface area contributed by atoms with E-state index >= 15 is 0 Å². The van der Waals surface area contributed by atoms with E-state index in [1.807, 2.05) is 0 Å². The molecule has 21 heavy (non-hydrogen) atoms. The van der Waals surface area contributed by atoms with Gasteiger partial charge in [-0.25, -0.2) is 14.2 Å².